The fourth-order valence-corrected chi connectivity index (χ4v) is 2.60. The molecular formula is C18H18Cl2N2O2. The van der Waals surface area contributed by atoms with Gasteiger partial charge in [-0.25, -0.2) is 0 Å². The number of hydrogen-bond donors (Lipinski definition) is 2. The largest absolute Gasteiger partial charge is 0.352 e. The van der Waals surface area contributed by atoms with E-state index in [2.05, 4.69) is 10.6 Å². The van der Waals surface area contributed by atoms with Crippen LogP contribution in [0.4, 0.5) is 5.69 Å². The molecule has 0 spiro atoms. The van der Waals surface area contributed by atoms with Gasteiger partial charge in [0.2, 0.25) is 5.91 Å². The lowest BCUT2D eigenvalue weighted by atomic mass is 10.1. The monoisotopic (exact) mass is 364 g/mol. The number of rotatable bonds is 6. The molecule has 24 heavy (non-hydrogen) atoms. The van der Waals surface area contributed by atoms with Crippen LogP contribution in [0.1, 0.15) is 29.3 Å². The van der Waals surface area contributed by atoms with Crippen molar-refractivity contribution in [2.75, 3.05) is 11.9 Å². The molecule has 0 atom stereocenters. The summed E-state index contributed by atoms with van der Waals surface area (Å²) in [4.78, 5) is 24.1. The maximum Gasteiger partial charge on any atom is 0.252 e. The highest BCUT2D eigenvalue weighted by Gasteiger charge is 2.12. The minimum atomic E-state index is -0.226. The number of benzene rings is 2. The van der Waals surface area contributed by atoms with Crippen molar-refractivity contribution in [3.05, 3.63) is 63.6 Å². The quantitative estimate of drug-likeness (QED) is 0.801. The van der Waals surface area contributed by atoms with Gasteiger partial charge in [0.05, 0.1) is 17.0 Å². The number of carbonyl (C=O) groups excluding carboxylic acids is 2. The average molecular weight is 365 g/mol. The first-order valence-electron chi connectivity index (χ1n) is 7.62. The SMILES string of the molecule is CCCNC(=O)c1ccc(NC(=O)Cc2ccccc2Cl)cc1Cl. The molecule has 126 valence electrons. The van der Waals surface area contributed by atoms with E-state index in [1.54, 1.807) is 30.3 Å². The Labute approximate surface area is 151 Å². The predicted octanol–water partition coefficient (Wildman–Crippen LogP) is 4.31. The van der Waals surface area contributed by atoms with Crippen molar-refractivity contribution >= 4 is 40.7 Å². The maximum atomic E-state index is 12.1. The number of hydrogen-bond acceptors (Lipinski definition) is 2. The van der Waals surface area contributed by atoms with Gasteiger partial charge in [0.1, 0.15) is 0 Å². The Kier molecular flexibility index (Phi) is 6.64. The minimum Gasteiger partial charge on any atom is -0.352 e. The molecule has 0 saturated heterocycles. The van der Waals surface area contributed by atoms with Gasteiger partial charge < -0.3 is 10.6 Å². The highest BCUT2D eigenvalue weighted by molar-refractivity contribution is 6.34. The Morgan fingerprint density at radius 1 is 1.04 bits per heavy atom. The van der Waals surface area contributed by atoms with Crippen LogP contribution in [0.5, 0.6) is 0 Å². The van der Waals surface area contributed by atoms with E-state index < -0.39 is 0 Å². The number of anilines is 1. The third kappa shape index (κ3) is 4.98. The Balaban J connectivity index is 2.03. The van der Waals surface area contributed by atoms with Crippen molar-refractivity contribution in [3.63, 3.8) is 0 Å². The van der Waals surface area contributed by atoms with E-state index in [1.807, 2.05) is 19.1 Å². The Hall–Kier alpha value is -2.04. The van der Waals surface area contributed by atoms with Crippen molar-refractivity contribution in [2.45, 2.75) is 19.8 Å². The van der Waals surface area contributed by atoms with E-state index >= 15 is 0 Å². The maximum absolute atomic E-state index is 12.1. The third-order valence-electron chi connectivity index (χ3n) is 3.34. The second-order valence-electron chi connectivity index (χ2n) is 5.27. The summed E-state index contributed by atoms with van der Waals surface area (Å²) in [6, 6.07) is 12.0. The number of nitrogens with one attached hydrogen (secondary N) is 2. The van der Waals surface area contributed by atoms with Gasteiger partial charge >= 0.3 is 0 Å². The van der Waals surface area contributed by atoms with Crippen LogP contribution in [0.25, 0.3) is 0 Å². The first-order valence-corrected chi connectivity index (χ1v) is 8.38. The topological polar surface area (TPSA) is 58.2 Å². The van der Waals surface area contributed by atoms with E-state index in [9.17, 15) is 9.59 Å². The van der Waals surface area contributed by atoms with Crippen molar-refractivity contribution in [1.82, 2.24) is 5.32 Å². The molecule has 0 aliphatic carbocycles. The molecule has 0 aromatic heterocycles. The predicted molar refractivity (Wildman–Crippen MR) is 97.9 cm³/mol. The van der Waals surface area contributed by atoms with Crippen LogP contribution in [-0.4, -0.2) is 18.4 Å². The summed E-state index contributed by atoms with van der Waals surface area (Å²) in [5.74, 6) is -0.432. The van der Waals surface area contributed by atoms with E-state index in [0.29, 0.717) is 27.8 Å². The van der Waals surface area contributed by atoms with Gasteiger partial charge in [-0.15, -0.1) is 0 Å². The van der Waals surface area contributed by atoms with Crippen LogP contribution < -0.4 is 10.6 Å². The van der Waals surface area contributed by atoms with Gasteiger partial charge in [-0.05, 0) is 36.2 Å². The summed E-state index contributed by atoms with van der Waals surface area (Å²) >= 11 is 12.2. The van der Waals surface area contributed by atoms with Crippen LogP contribution >= 0.6 is 23.2 Å². The van der Waals surface area contributed by atoms with E-state index in [4.69, 9.17) is 23.2 Å². The molecule has 0 aliphatic heterocycles. The molecule has 0 bridgehead atoms. The van der Waals surface area contributed by atoms with E-state index in [-0.39, 0.29) is 18.2 Å². The zero-order chi connectivity index (χ0) is 17.5. The molecule has 6 heteroatoms. The van der Waals surface area contributed by atoms with Crippen molar-refractivity contribution in [2.24, 2.45) is 0 Å². The first-order chi connectivity index (χ1) is 11.5. The van der Waals surface area contributed by atoms with E-state index in [0.717, 1.165) is 12.0 Å². The van der Waals surface area contributed by atoms with Gasteiger partial charge in [-0.2, -0.15) is 0 Å². The first kappa shape index (κ1) is 18.3. The molecular weight excluding hydrogens is 347 g/mol. The van der Waals surface area contributed by atoms with Crippen molar-refractivity contribution in [1.29, 1.82) is 0 Å². The molecule has 0 unspecified atom stereocenters. The van der Waals surface area contributed by atoms with E-state index in [1.165, 1.54) is 0 Å². The van der Waals surface area contributed by atoms with Crippen molar-refractivity contribution < 1.29 is 9.59 Å². The molecule has 0 radical (unpaired) electrons. The Morgan fingerprint density at radius 3 is 2.46 bits per heavy atom. The second kappa shape index (κ2) is 8.71. The van der Waals surface area contributed by atoms with Crippen molar-refractivity contribution in [3.8, 4) is 0 Å². The van der Waals surface area contributed by atoms with Crippen LogP contribution in [0.2, 0.25) is 10.0 Å². The zero-order valence-corrected chi connectivity index (χ0v) is 14.7. The summed E-state index contributed by atoms with van der Waals surface area (Å²) in [5.41, 5.74) is 1.66. The van der Waals surface area contributed by atoms with Gasteiger partial charge in [0.15, 0.2) is 0 Å². The average Bonchev–Trinajstić information content (AvgIpc) is 2.55. The number of carbonyl (C=O) groups is 2. The molecule has 0 heterocycles. The summed E-state index contributed by atoms with van der Waals surface area (Å²) in [5, 5.41) is 6.36. The molecule has 2 rings (SSSR count). The molecule has 2 aromatic carbocycles. The Morgan fingerprint density at radius 2 is 1.79 bits per heavy atom. The lowest BCUT2D eigenvalue weighted by Gasteiger charge is -2.10. The summed E-state index contributed by atoms with van der Waals surface area (Å²) in [7, 11) is 0. The molecule has 2 aromatic rings. The summed E-state index contributed by atoms with van der Waals surface area (Å²) in [6.45, 7) is 2.56. The molecule has 4 nitrogen and oxygen atoms in total. The van der Waals surface area contributed by atoms with Crippen LogP contribution in [-0.2, 0) is 11.2 Å². The molecule has 0 aliphatic rings. The lowest BCUT2D eigenvalue weighted by Crippen LogP contribution is -2.24. The van der Waals surface area contributed by atoms with Crippen LogP contribution in [0, 0.1) is 0 Å². The van der Waals surface area contributed by atoms with Gasteiger partial charge in [-0.3, -0.25) is 9.59 Å². The zero-order valence-electron chi connectivity index (χ0n) is 13.2. The van der Waals surface area contributed by atoms with Crippen LogP contribution in [0.15, 0.2) is 42.5 Å². The highest BCUT2D eigenvalue weighted by atomic mass is 35.5. The lowest BCUT2D eigenvalue weighted by molar-refractivity contribution is -0.115. The third-order valence-corrected chi connectivity index (χ3v) is 4.02. The summed E-state index contributed by atoms with van der Waals surface area (Å²) < 4.78 is 0. The Bertz CT molecular complexity index is 748. The van der Waals surface area contributed by atoms with Gasteiger partial charge in [0.25, 0.3) is 5.91 Å². The number of halogens is 2. The van der Waals surface area contributed by atoms with Gasteiger partial charge in [-0.1, -0.05) is 48.3 Å². The second-order valence-corrected chi connectivity index (χ2v) is 6.08. The summed E-state index contributed by atoms with van der Waals surface area (Å²) in [6.07, 6.45) is 1.01. The van der Waals surface area contributed by atoms with Gasteiger partial charge in [0, 0.05) is 17.3 Å². The fourth-order valence-electron chi connectivity index (χ4n) is 2.13. The molecule has 0 fully saturated rings. The normalized spacial score (nSPS) is 10.3. The van der Waals surface area contributed by atoms with Crippen LogP contribution in [0.3, 0.4) is 0 Å². The molecule has 0 saturated carbocycles. The highest BCUT2D eigenvalue weighted by Crippen LogP contribution is 2.22. The molecule has 2 amide bonds. The number of amides is 2. The fraction of sp³-hybridized carbons (Fsp3) is 0.222. The standard InChI is InChI=1S/C18H18Cl2N2O2/c1-2-9-21-18(24)14-8-7-13(11-16(14)20)22-17(23)10-12-5-3-4-6-15(12)19/h3-8,11H,2,9-10H2,1H3,(H,21,24)(H,22,23). The molecule has 2 N–H and O–H groups in total. The minimum absolute atomic E-state index is 0.163. The smallest absolute Gasteiger partial charge is 0.252 e.